The topological polar surface area (TPSA) is 118 Å². The summed E-state index contributed by atoms with van der Waals surface area (Å²) in [5.41, 5.74) is 0.472. The van der Waals surface area contributed by atoms with Crippen molar-refractivity contribution in [1.82, 2.24) is 9.97 Å². The van der Waals surface area contributed by atoms with Gasteiger partial charge < -0.3 is 10.4 Å². The van der Waals surface area contributed by atoms with Gasteiger partial charge >= 0.3 is 5.97 Å². The van der Waals surface area contributed by atoms with Gasteiger partial charge in [0.1, 0.15) is 17.7 Å². The minimum absolute atomic E-state index is 0.0507. The lowest BCUT2D eigenvalue weighted by molar-refractivity contribution is -0.385. The van der Waals surface area contributed by atoms with Crippen LogP contribution >= 0.6 is 11.6 Å². The zero-order chi connectivity index (χ0) is 15.4. The molecule has 0 saturated carbocycles. The van der Waals surface area contributed by atoms with Gasteiger partial charge in [-0.2, -0.15) is 0 Å². The molecule has 108 valence electrons. The van der Waals surface area contributed by atoms with Crippen LogP contribution in [0.5, 0.6) is 0 Å². The third kappa shape index (κ3) is 3.63. The number of carboxylic acid groups (broad SMARTS) is 1. The highest BCUT2D eigenvalue weighted by molar-refractivity contribution is 6.33. The maximum Gasteiger partial charge on any atom is 0.354 e. The predicted octanol–water partition coefficient (Wildman–Crippen LogP) is 2.35. The van der Waals surface area contributed by atoms with Gasteiger partial charge in [-0.3, -0.25) is 10.1 Å². The van der Waals surface area contributed by atoms with E-state index in [0.717, 1.165) is 11.8 Å². The van der Waals surface area contributed by atoms with Gasteiger partial charge in [-0.1, -0.05) is 17.7 Å². The Bertz CT molecular complexity index is 690. The lowest BCUT2D eigenvalue weighted by atomic mass is 10.2. The number of rotatable bonds is 5. The van der Waals surface area contributed by atoms with Gasteiger partial charge in [0, 0.05) is 18.8 Å². The van der Waals surface area contributed by atoms with Crippen molar-refractivity contribution in [3.8, 4) is 0 Å². The third-order valence-electron chi connectivity index (χ3n) is 2.54. The Morgan fingerprint density at radius 3 is 2.67 bits per heavy atom. The second kappa shape index (κ2) is 6.14. The van der Waals surface area contributed by atoms with Gasteiger partial charge in [-0.25, -0.2) is 14.8 Å². The van der Waals surface area contributed by atoms with E-state index in [1.165, 1.54) is 18.3 Å². The number of carbonyl (C=O) groups is 1. The molecule has 0 bridgehead atoms. The van der Waals surface area contributed by atoms with E-state index in [2.05, 4.69) is 15.3 Å². The first-order chi connectivity index (χ1) is 9.97. The van der Waals surface area contributed by atoms with Crippen molar-refractivity contribution in [2.24, 2.45) is 0 Å². The summed E-state index contributed by atoms with van der Waals surface area (Å²) in [5, 5.41) is 22.3. The number of carboxylic acids is 1. The van der Waals surface area contributed by atoms with Crippen molar-refractivity contribution in [2.45, 2.75) is 6.54 Å². The van der Waals surface area contributed by atoms with Gasteiger partial charge in [0.2, 0.25) is 0 Å². The molecule has 0 fully saturated rings. The molecule has 0 amide bonds. The van der Waals surface area contributed by atoms with Crippen LogP contribution in [0.2, 0.25) is 5.02 Å². The number of nitro groups is 1. The van der Waals surface area contributed by atoms with E-state index in [-0.39, 0.29) is 16.4 Å². The van der Waals surface area contributed by atoms with Crippen molar-refractivity contribution < 1.29 is 14.8 Å². The highest BCUT2D eigenvalue weighted by atomic mass is 35.5. The summed E-state index contributed by atoms with van der Waals surface area (Å²) in [6.45, 7) is 0.303. The molecule has 0 unspecified atom stereocenters. The molecule has 0 saturated heterocycles. The zero-order valence-electron chi connectivity index (χ0n) is 10.5. The standard InChI is InChI=1S/C12H9ClN4O4/c13-9-3-8(17(20)21)6-16-11(9)15-5-7-1-2-10(12(18)19)14-4-7/h1-4,6H,5H2,(H,15,16)(H,18,19). The van der Waals surface area contributed by atoms with E-state index in [0.29, 0.717) is 12.4 Å². The average Bonchev–Trinajstić information content (AvgIpc) is 2.46. The van der Waals surface area contributed by atoms with E-state index >= 15 is 0 Å². The average molecular weight is 309 g/mol. The Labute approximate surface area is 123 Å². The molecule has 0 aliphatic rings. The molecule has 0 spiro atoms. The fraction of sp³-hybridized carbons (Fsp3) is 0.0833. The van der Waals surface area contributed by atoms with Crippen LogP contribution in [0.1, 0.15) is 16.1 Å². The fourth-order valence-electron chi connectivity index (χ4n) is 1.50. The largest absolute Gasteiger partial charge is 0.477 e. The molecule has 2 aromatic rings. The molecular formula is C12H9ClN4O4. The number of nitrogens with zero attached hydrogens (tertiary/aromatic N) is 3. The van der Waals surface area contributed by atoms with Gasteiger partial charge in [0.15, 0.2) is 0 Å². The quantitative estimate of drug-likeness (QED) is 0.642. The third-order valence-corrected chi connectivity index (χ3v) is 2.83. The molecule has 0 aliphatic heterocycles. The Morgan fingerprint density at radius 1 is 1.38 bits per heavy atom. The van der Waals surface area contributed by atoms with E-state index in [9.17, 15) is 14.9 Å². The molecule has 8 nitrogen and oxygen atoms in total. The molecule has 0 atom stereocenters. The second-order valence-electron chi connectivity index (χ2n) is 3.99. The molecule has 0 aliphatic carbocycles. The predicted molar refractivity (Wildman–Crippen MR) is 74.4 cm³/mol. The monoisotopic (exact) mass is 308 g/mol. The Kier molecular flexibility index (Phi) is 4.29. The second-order valence-corrected chi connectivity index (χ2v) is 4.40. The maximum atomic E-state index is 10.7. The number of hydrogen-bond donors (Lipinski definition) is 2. The van der Waals surface area contributed by atoms with Crippen LogP contribution < -0.4 is 5.32 Å². The summed E-state index contributed by atoms with van der Waals surface area (Å²) in [5.74, 6) is -0.806. The molecule has 21 heavy (non-hydrogen) atoms. The molecule has 2 rings (SSSR count). The SMILES string of the molecule is O=C(O)c1ccc(CNc2ncc([N+](=O)[O-])cc2Cl)cn1. The van der Waals surface area contributed by atoms with Gasteiger partial charge in [0.25, 0.3) is 5.69 Å². The van der Waals surface area contributed by atoms with Crippen molar-refractivity contribution in [1.29, 1.82) is 0 Å². The molecule has 0 radical (unpaired) electrons. The summed E-state index contributed by atoms with van der Waals surface area (Å²) in [6, 6.07) is 4.18. The first kappa shape index (κ1) is 14.7. The molecule has 2 heterocycles. The molecule has 0 aromatic carbocycles. The van der Waals surface area contributed by atoms with Crippen LogP contribution in [-0.2, 0) is 6.54 Å². The van der Waals surface area contributed by atoms with Gasteiger partial charge in [-0.15, -0.1) is 0 Å². The van der Waals surface area contributed by atoms with Crippen molar-refractivity contribution in [3.63, 3.8) is 0 Å². The first-order valence-electron chi connectivity index (χ1n) is 5.69. The van der Waals surface area contributed by atoms with Crippen LogP contribution in [0.25, 0.3) is 0 Å². The number of aromatic carboxylic acids is 1. The van der Waals surface area contributed by atoms with E-state index < -0.39 is 10.9 Å². The number of aromatic nitrogens is 2. The van der Waals surface area contributed by atoms with Crippen LogP contribution in [0.4, 0.5) is 11.5 Å². The Morgan fingerprint density at radius 2 is 2.14 bits per heavy atom. The zero-order valence-corrected chi connectivity index (χ0v) is 11.2. The highest BCUT2D eigenvalue weighted by Gasteiger charge is 2.11. The van der Waals surface area contributed by atoms with Gasteiger partial charge in [0.05, 0.1) is 9.95 Å². The number of halogens is 1. The number of anilines is 1. The smallest absolute Gasteiger partial charge is 0.354 e. The van der Waals surface area contributed by atoms with E-state index in [1.54, 1.807) is 6.07 Å². The van der Waals surface area contributed by atoms with Crippen molar-refractivity contribution >= 4 is 29.1 Å². The molecular weight excluding hydrogens is 300 g/mol. The van der Waals surface area contributed by atoms with Crippen LogP contribution in [0.15, 0.2) is 30.6 Å². The van der Waals surface area contributed by atoms with Crippen molar-refractivity contribution in [2.75, 3.05) is 5.32 Å². The maximum absolute atomic E-state index is 10.7. The van der Waals surface area contributed by atoms with Crippen LogP contribution in [0.3, 0.4) is 0 Å². The normalized spacial score (nSPS) is 10.1. The number of pyridine rings is 2. The molecule has 2 aromatic heterocycles. The van der Waals surface area contributed by atoms with Crippen LogP contribution in [-0.4, -0.2) is 26.0 Å². The Balaban J connectivity index is 2.06. The minimum Gasteiger partial charge on any atom is -0.477 e. The number of hydrogen-bond acceptors (Lipinski definition) is 6. The summed E-state index contributed by atoms with van der Waals surface area (Å²) < 4.78 is 0. The van der Waals surface area contributed by atoms with E-state index in [4.69, 9.17) is 16.7 Å². The van der Waals surface area contributed by atoms with Gasteiger partial charge in [-0.05, 0) is 11.6 Å². The number of nitrogens with one attached hydrogen (secondary N) is 1. The highest BCUT2D eigenvalue weighted by Crippen LogP contribution is 2.24. The lowest BCUT2D eigenvalue weighted by Crippen LogP contribution is -2.05. The first-order valence-corrected chi connectivity index (χ1v) is 6.07. The summed E-state index contributed by atoms with van der Waals surface area (Å²) >= 11 is 5.88. The van der Waals surface area contributed by atoms with Crippen molar-refractivity contribution in [3.05, 3.63) is 57.0 Å². The fourth-order valence-corrected chi connectivity index (χ4v) is 1.73. The molecule has 9 heteroatoms. The summed E-state index contributed by atoms with van der Waals surface area (Å²) in [6.07, 6.45) is 2.51. The van der Waals surface area contributed by atoms with Crippen LogP contribution in [0, 0.1) is 10.1 Å². The molecule has 2 N–H and O–H groups in total. The Hall–Kier alpha value is -2.74. The summed E-state index contributed by atoms with van der Waals surface area (Å²) in [4.78, 5) is 28.3. The minimum atomic E-state index is -1.10. The van der Waals surface area contributed by atoms with E-state index in [1.807, 2.05) is 0 Å². The lowest BCUT2D eigenvalue weighted by Gasteiger charge is -2.07. The summed E-state index contributed by atoms with van der Waals surface area (Å²) in [7, 11) is 0.